The molecule has 0 aliphatic carbocycles. The van der Waals surface area contributed by atoms with Gasteiger partial charge >= 0.3 is 0 Å². The Balaban J connectivity index is 2.00. The van der Waals surface area contributed by atoms with E-state index in [1.165, 1.54) is 19.3 Å². The molecule has 2 N–H and O–H groups in total. The van der Waals surface area contributed by atoms with Crippen LogP contribution in [0.25, 0.3) is 0 Å². The fourth-order valence-corrected chi connectivity index (χ4v) is 0.837. The van der Waals surface area contributed by atoms with Gasteiger partial charge in [0.05, 0.1) is 0 Å². The maximum atomic E-state index is 3.11. The van der Waals surface area contributed by atoms with E-state index in [0.29, 0.717) is 0 Å². The van der Waals surface area contributed by atoms with Crippen molar-refractivity contribution in [1.82, 2.24) is 10.9 Å². The molecule has 0 amide bonds. The van der Waals surface area contributed by atoms with Crippen LogP contribution in [0.5, 0.6) is 0 Å². The van der Waals surface area contributed by atoms with Crippen LogP contribution in [-0.2, 0) is 0 Å². The second-order valence-electron chi connectivity index (χ2n) is 2.09. The molecule has 47 valence electrons. The normalized spacial score (nSPS) is 24.0. The van der Waals surface area contributed by atoms with Crippen molar-refractivity contribution in [2.24, 2.45) is 0 Å². The maximum Gasteiger partial charge on any atom is 0.0131 e. The molecule has 0 aromatic rings. The second kappa shape index (κ2) is 3.87. The molecule has 0 unspecified atom stereocenters. The van der Waals surface area contributed by atoms with Gasteiger partial charge in [0.1, 0.15) is 0 Å². The minimum atomic E-state index is 1.01. The number of nitrogens with one attached hydrogen (secondary N) is 2. The molecular formula is C6H13N2. The predicted octanol–water partition coefficient (Wildman–Crippen LogP) is 0.469. The van der Waals surface area contributed by atoms with Crippen LogP contribution in [0.2, 0.25) is 0 Å². The average Bonchev–Trinajstić information content (AvgIpc) is 1.62. The molecule has 1 heterocycles. The van der Waals surface area contributed by atoms with Crippen molar-refractivity contribution in [1.29, 1.82) is 0 Å². The van der Waals surface area contributed by atoms with Crippen molar-refractivity contribution in [3.63, 3.8) is 0 Å². The first-order chi connectivity index (χ1) is 4.00. The Labute approximate surface area is 50.6 Å². The largest absolute Gasteiger partial charge is 0.258 e. The van der Waals surface area contributed by atoms with Gasteiger partial charge in [0.15, 0.2) is 0 Å². The van der Waals surface area contributed by atoms with Crippen LogP contribution >= 0.6 is 0 Å². The highest BCUT2D eigenvalue weighted by Crippen LogP contribution is 1.97. The van der Waals surface area contributed by atoms with Crippen molar-refractivity contribution in [2.75, 3.05) is 13.1 Å². The minimum Gasteiger partial charge on any atom is -0.258 e. The summed E-state index contributed by atoms with van der Waals surface area (Å²) in [6.45, 7) is 2.13. The Morgan fingerprint density at radius 2 is 2.12 bits per heavy atom. The fraction of sp³-hybridized carbons (Fsp3) is 0.833. The topological polar surface area (TPSA) is 24.1 Å². The van der Waals surface area contributed by atoms with Crippen molar-refractivity contribution < 1.29 is 0 Å². The lowest BCUT2D eigenvalue weighted by Gasteiger charge is -2.09. The van der Waals surface area contributed by atoms with Crippen molar-refractivity contribution >= 4 is 0 Å². The Morgan fingerprint density at radius 3 is 3.12 bits per heavy atom. The molecular weight excluding hydrogens is 100 g/mol. The minimum absolute atomic E-state index is 1.01. The van der Waals surface area contributed by atoms with E-state index >= 15 is 0 Å². The second-order valence-corrected chi connectivity index (χ2v) is 2.09. The molecule has 0 spiro atoms. The molecule has 1 aliphatic heterocycles. The van der Waals surface area contributed by atoms with E-state index in [0.717, 1.165) is 13.1 Å². The Hall–Kier alpha value is -0.0800. The van der Waals surface area contributed by atoms with Crippen LogP contribution in [0.4, 0.5) is 0 Å². The van der Waals surface area contributed by atoms with Crippen LogP contribution in [0.3, 0.4) is 0 Å². The Bertz CT molecular complexity index is 30.5. The lowest BCUT2D eigenvalue weighted by molar-refractivity contribution is 0.498. The van der Waals surface area contributed by atoms with Gasteiger partial charge in [-0.25, -0.2) is 0 Å². The van der Waals surface area contributed by atoms with E-state index in [-0.39, 0.29) is 0 Å². The first-order valence-electron chi connectivity index (χ1n) is 3.27. The summed E-state index contributed by atoms with van der Waals surface area (Å²) in [7, 11) is 0. The molecule has 1 aliphatic rings. The molecule has 8 heavy (non-hydrogen) atoms. The number of rotatable bonds is 0. The summed E-state index contributed by atoms with van der Waals surface area (Å²) in [6, 6.07) is 0. The van der Waals surface area contributed by atoms with E-state index in [1.807, 2.05) is 0 Å². The van der Waals surface area contributed by atoms with Crippen LogP contribution in [0.15, 0.2) is 0 Å². The van der Waals surface area contributed by atoms with Gasteiger partial charge in [0.25, 0.3) is 0 Å². The van der Waals surface area contributed by atoms with E-state index < -0.39 is 0 Å². The van der Waals surface area contributed by atoms with E-state index in [9.17, 15) is 0 Å². The van der Waals surface area contributed by atoms with Gasteiger partial charge in [0.2, 0.25) is 0 Å². The lowest BCUT2D eigenvalue weighted by atomic mass is 10.2. The third kappa shape index (κ3) is 2.28. The zero-order valence-electron chi connectivity index (χ0n) is 5.11. The summed E-state index contributed by atoms with van der Waals surface area (Å²) >= 11 is 0. The van der Waals surface area contributed by atoms with Crippen molar-refractivity contribution in [3.05, 3.63) is 6.42 Å². The maximum absolute atomic E-state index is 3.11. The summed E-state index contributed by atoms with van der Waals surface area (Å²) in [5, 5.41) is 0. The zero-order valence-corrected chi connectivity index (χ0v) is 5.11. The van der Waals surface area contributed by atoms with Gasteiger partial charge in [-0.2, -0.15) is 0 Å². The van der Waals surface area contributed by atoms with Gasteiger partial charge < -0.3 is 0 Å². The Kier molecular flexibility index (Phi) is 2.92. The SMILES string of the molecule is [CH]1CCCCNNC1. The van der Waals surface area contributed by atoms with E-state index in [2.05, 4.69) is 17.3 Å². The molecule has 1 rings (SSSR count). The first kappa shape index (κ1) is 6.05. The molecule has 1 radical (unpaired) electrons. The van der Waals surface area contributed by atoms with Gasteiger partial charge in [-0.1, -0.05) is 6.42 Å². The lowest BCUT2D eigenvalue weighted by Crippen LogP contribution is -2.34. The highest BCUT2D eigenvalue weighted by molar-refractivity contribution is 4.68. The summed E-state index contributed by atoms with van der Waals surface area (Å²) in [5.74, 6) is 0. The number of hydrogen-bond acceptors (Lipinski definition) is 2. The quantitative estimate of drug-likeness (QED) is 0.477. The molecule has 0 saturated carbocycles. The standard InChI is InChI=1S/C6H13N2/c1-2-4-6-8-7-5-3-1/h3,7-8H,1-2,4-6H2. The van der Waals surface area contributed by atoms with Crippen LogP contribution < -0.4 is 10.9 Å². The number of hydrogen-bond donors (Lipinski definition) is 2. The van der Waals surface area contributed by atoms with Crippen molar-refractivity contribution in [2.45, 2.75) is 19.3 Å². The third-order valence-electron chi connectivity index (χ3n) is 1.33. The molecule has 0 aromatic heterocycles. The zero-order chi connectivity index (χ0) is 5.66. The van der Waals surface area contributed by atoms with E-state index in [1.54, 1.807) is 0 Å². The highest BCUT2D eigenvalue weighted by Gasteiger charge is 1.93. The summed E-state index contributed by atoms with van der Waals surface area (Å²) in [5.41, 5.74) is 6.19. The van der Waals surface area contributed by atoms with Gasteiger partial charge in [-0.3, -0.25) is 10.9 Å². The average molecular weight is 113 g/mol. The summed E-state index contributed by atoms with van der Waals surface area (Å²) in [4.78, 5) is 0. The van der Waals surface area contributed by atoms with Gasteiger partial charge in [0, 0.05) is 13.1 Å². The molecule has 0 aromatic carbocycles. The monoisotopic (exact) mass is 113 g/mol. The molecule has 2 nitrogen and oxygen atoms in total. The third-order valence-corrected chi connectivity index (χ3v) is 1.33. The predicted molar refractivity (Wildman–Crippen MR) is 34.2 cm³/mol. The van der Waals surface area contributed by atoms with Crippen LogP contribution in [0.1, 0.15) is 19.3 Å². The van der Waals surface area contributed by atoms with Crippen molar-refractivity contribution in [3.8, 4) is 0 Å². The fourth-order valence-electron chi connectivity index (χ4n) is 0.837. The molecule has 0 atom stereocenters. The van der Waals surface area contributed by atoms with Gasteiger partial charge in [-0.05, 0) is 19.3 Å². The summed E-state index contributed by atoms with van der Waals surface area (Å²) in [6.07, 6.45) is 6.18. The first-order valence-corrected chi connectivity index (χ1v) is 3.27. The van der Waals surface area contributed by atoms with Crippen LogP contribution in [0, 0.1) is 6.42 Å². The molecule has 1 fully saturated rings. The number of hydrazine groups is 1. The van der Waals surface area contributed by atoms with E-state index in [4.69, 9.17) is 0 Å². The summed E-state index contributed by atoms with van der Waals surface area (Å²) < 4.78 is 0. The highest BCUT2D eigenvalue weighted by atomic mass is 15.3. The molecule has 0 bridgehead atoms. The van der Waals surface area contributed by atoms with Gasteiger partial charge in [-0.15, -0.1) is 0 Å². The molecule has 2 heteroatoms. The molecule has 1 saturated heterocycles. The smallest absolute Gasteiger partial charge is 0.0131 e. The Morgan fingerprint density at radius 1 is 1.12 bits per heavy atom. The van der Waals surface area contributed by atoms with Crippen LogP contribution in [-0.4, -0.2) is 13.1 Å².